The summed E-state index contributed by atoms with van der Waals surface area (Å²) in [6, 6.07) is 13.3. The second-order valence-electron chi connectivity index (χ2n) is 7.78. The second kappa shape index (κ2) is 8.22. The summed E-state index contributed by atoms with van der Waals surface area (Å²) in [7, 11) is 0. The zero-order valence-corrected chi connectivity index (χ0v) is 17.8. The Balaban J connectivity index is 1.33. The highest BCUT2D eigenvalue weighted by Crippen LogP contribution is 2.20. The smallest absolute Gasteiger partial charge is 0.272 e. The Kier molecular flexibility index (Phi) is 5.10. The number of nitrogens with one attached hydrogen (secondary N) is 1. The lowest BCUT2D eigenvalue weighted by molar-refractivity contribution is 0.0949. The van der Waals surface area contributed by atoms with E-state index in [4.69, 9.17) is 4.52 Å². The molecule has 0 saturated heterocycles. The molecule has 0 unspecified atom stereocenters. The van der Waals surface area contributed by atoms with E-state index in [1.807, 2.05) is 66.9 Å². The van der Waals surface area contributed by atoms with E-state index in [-0.39, 0.29) is 11.8 Å². The van der Waals surface area contributed by atoms with Crippen molar-refractivity contribution in [2.24, 2.45) is 0 Å². The molecule has 4 heterocycles. The maximum atomic E-state index is 12.9. The van der Waals surface area contributed by atoms with E-state index in [1.165, 1.54) is 0 Å². The highest BCUT2D eigenvalue weighted by Gasteiger charge is 2.19. The van der Waals surface area contributed by atoms with Crippen molar-refractivity contribution in [1.82, 2.24) is 39.8 Å². The molecular weight excluding hydrogens is 408 g/mol. The van der Waals surface area contributed by atoms with Crippen LogP contribution in [0.25, 0.3) is 16.6 Å². The minimum Gasteiger partial charge on any atom is -0.350 e. The van der Waals surface area contributed by atoms with Crippen LogP contribution in [0, 0.1) is 0 Å². The molecule has 1 aromatic carbocycles. The van der Waals surface area contributed by atoms with Crippen LogP contribution in [0.5, 0.6) is 0 Å². The molecule has 0 radical (unpaired) electrons. The van der Waals surface area contributed by atoms with Gasteiger partial charge in [0.2, 0.25) is 5.89 Å². The quantitative estimate of drug-likeness (QED) is 0.422. The highest BCUT2D eigenvalue weighted by molar-refractivity contribution is 6.04. The van der Waals surface area contributed by atoms with Crippen LogP contribution in [0.1, 0.15) is 47.8 Å². The molecule has 0 bridgehead atoms. The maximum Gasteiger partial charge on any atom is 0.272 e. The maximum absolute atomic E-state index is 12.9. The van der Waals surface area contributed by atoms with Crippen molar-refractivity contribution in [2.45, 2.75) is 32.7 Å². The molecule has 1 amide bonds. The molecule has 0 spiro atoms. The number of aromatic nitrogens is 7. The number of benzene rings is 1. The third-order valence-electron chi connectivity index (χ3n) is 5.18. The molecule has 0 aliphatic carbocycles. The topological polar surface area (TPSA) is 116 Å². The average Bonchev–Trinajstić information content (AvgIpc) is 3.52. The van der Waals surface area contributed by atoms with Gasteiger partial charge in [0.25, 0.3) is 5.91 Å². The number of carbonyl (C=O) groups is 1. The predicted octanol–water partition coefficient (Wildman–Crippen LogP) is 2.61. The Morgan fingerprint density at radius 2 is 1.97 bits per heavy atom. The van der Waals surface area contributed by atoms with Crippen LogP contribution in [-0.4, -0.2) is 47.0 Å². The molecule has 5 rings (SSSR count). The molecule has 1 N–H and O–H groups in total. The summed E-state index contributed by atoms with van der Waals surface area (Å²) in [5.41, 5.74) is 1.96. The van der Waals surface area contributed by atoms with Crippen LogP contribution in [0.2, 0.25) is 0 Å². The highest BCUT2D eigenvalue weighted by atomic mass is 16.5. The number of amides is 1. The number of para-hydroxylation sites is 1. The van der Waals surface area contributed by atoms with Crippen LogP contribution >= 0.6 is 0 Å². The van der Waals surface area contributed by atoms with Crippen LogP contribution in [0.3, 0.4) is 0 Å². The molecule has 5 aromatic rings. The number of nitrogens with zero attached hydrogens (tertiary/aromatic N) is 7. The first kappa shape index (κ1) is 19.9. The zero-order valence-electron chi connectivity index (χ0n) is 17.8. The van der Waals surface area contributed by atoms with Crippen molar-refractivity contribution in [3.05, 3.63) is 71.9 Å². The number of fused-ring (bicyclic) bond motifs is 2. The Morgan fingerprint density at radius 3 is 2.81 bits per heavy atom. The van der Waals surface area contributed by atoms with E-state index in [1.54, 1.807) is 4.68 Å². The van der Waals surface area contributed by atoms with Gasteiger partial charge >= 0.3 is 0 Å². The first-order valence-electron chi connectivity index (χ1n) is 10.4. The van der Waals surface area contributed by atoms with Crippen molar-refractivity contribution < 1.29 is 9.32 Å². The Labute approximate surface area is 183 Å². The van der Waals surface area contributed by atoms with Gasteiger partial charge in [-0.25, -0.2) is 0 Å². The summed E-state index contributed by atoms with van der Waals surface area (Å²) in [4.78, 5) is 17.3. The van der Waals surface area contributed by atoms with Crippen LogP contribution in [0.15, 0.2) is 53.2 Å². The Hall–Kier alpha value is -4.08. The number of hydrogen-bond acceptors (Lipinski definition) is 7. The molecule has 10 nitrogen and oxygen atoms in total. The molecule has 0 fully saturated rings. The third kappa shape index (κ3) is 3.70. The Morgan fingerprint density at radius 1 is 1.12 bits per heavy atom. The number of hydrogen-bond donors (Lipinski definition) is 1. The molecule has 162 valence electrons. The lowest BCUT2D eigenvalue weighted by atomic mass is 10.2. The molecule has 0 aliphatic rings. The van der Waals surface area contributed by atoms with Crippen LogP contribution in [0.4, 0.5) is 0 Å². The lowest BCUT2D eigenvalue weighted by Gasteiger charge is -2.03. The first-order valence-corrected chi connectivity index (χ1v) is 10.4. The lowest BCUT2D eigenvalue weighted by Crippen LogP contribution is -2.27. The second-order valence-corrected chi connectivity index (χ2v) is 7.78. The SMILES string of the molecule is CC(C)c1noc(Cn2nc(C(=O)NCCc3nnc4ccccn34)c3ccccc32)n1. The molecule has 0 saturated carbocycles. The first-order chi connectivity index (χ1) is 15.6. The summed E-state index contributed by atoms with van der Waals surface area (Å²) in [5, 5.41) is 20.6. The summed E-state index contributed by atoms with van der Waals surface area (Å²) in [6.45, 7) is 4.71. The van der Waals surface area contributed by atoms with Gasteiger partial charge in [0, 0.05) is 30.5 Å². The van der Waals surface area contributed by atoms with Gasteiger partial charge in [-0.1, -0.05) is 43.3 Å². The van der Waals surface area contributed by atoms with Gasteiger partial charge in [0.1, 0.15) is 12.4 Å². The fourth-order valence-electron chi connectivity index (χ4n) is 3.54. The van der Waals surface area contributed by atoms with Crippen LogP contribution < -0.4 is 5.32 Å². The minimum absolute atomic E-state index is 0.172. The minimum atomic E-state index is -0.248. The van der Waals surface area contributed by atoms with E-state index < -0.39 is 0 Å². The number of carbonyl (C=O) groups excluding carboxylic acids is 1. The third-order valence-corrected chi connectivity index (χ3v) is 5.18. The van der Waals surface area contributed by atoms with Crippen LogP contribution in [-0.2, 0) is 13.0 Å². The van der Waals surface area contributed by atoms with Crippen molar-refractivity contribution in [2.75, 3.05) is 6.54 Å². The standard InChI is InChI=1S/C22H22N8O2/c1-14(2)21-24-19(32-28-21)13-30-16-8-4-3-7-15(16)20(27-30)22(31)23-11-10-18-26-25-17-9-5-6-12-29(17)18/h3-9,12,14H,10-11,13H2,1-2H3,(H,23,31). The number of pyridine rings is 1. The van der Waals surface area contributed by atoms with Gasteiger partial charge in [0.05, 0.1) is 5.52 Å². The zero-order chi connectivity index (χ0) is 22.1. The van der Waals surface area contributed by atoms with E-state index in [0.717, 1.165) is 22.4 Å². The van der Waals surface area contributed by atoms with Gasteiger partial charge in [-0.2, -0.15) is 10.1 Å². The van der Waals surface area contributed by atoms with Crippen molar-refractivity contribution >= 4 is 22.5 Å². The van der Waals surface area contributed by atoms with Gasteiger partial charge < -0.3 is 9.84 Å². The van der Waals surface area contributed by atoms with E-state index in [0.29, 0.717) is 36.9 Å². The largest absolute Gasteiger partial charge is 0.350 e. The molecule has 10 heteroatoms. The molecule has 4 aromatic heterocycles. The Bertz CT molecular complexity index is 1400. The molecule has 0 atom stereocenters. The molecule has 0 aliphatic heterocycles. The van der Waals surface area contributed by atoms with Gasteiger partial charge in [-0.3, -0.25) is 13.9 Å². The van der Waals surface area contributed by atoms with Crippen molar-refractivity contribution in [3.8, 4) is 0 Å². The van der Waals surface area contributed by atoms with E-state index >= 15 is 0 Å². The van der Waals surface area contributed by atoms with E-state index in [2.05, 4.69) is 30.8 Å². The average molecular weight is 430 g/mol. The summed E-state index contributed by atoms with van der Waals surface area (Å²) in [5.74, 6) is 1.81. The molecular formula is C22H22N8O2. The van der Waals surface area contributed by atoms with Gasteiger partial charge in [0.15, 0.2) is 17.2 Å². The molecule has 32 heavy (non-hydrogen) atoms. The van der Waals surface area contributed by atoms with Crippen molar-refractivity contribution in [1.29, 1.82) is 0 Å². The fraction of sp³-hybridized carbons (Fsp3) is 0.273. The fourth-order valence-corrected chi connectivity index (χ4v) is 3.54. The normalized spacial score (nSPS) is 11.6. The summed E-state index contributed by atoms with van der Waals surface area (Å²) < 4.78 is 8.98. The van der Waals surface area contributed by atoms with E-state index in [9.17, 15) is 4.79 Å². The number of rotatable bonds is 7. The summed E-state index contributed by atoms with van der Waals surface area (Å²) in [6.07, 6.45) is 2.46. The predicted molar refractivity (Wildman–Crippen MR) is 116 cm³/mol. The monoisotopic (exact) mass is 430 g/mol. The van der Waals surface area contributed by atoms with Gasteiger partial charge in [-0.15, -0.1) is 10.2 Å². The van der Waals surface area contributed by atoms with Gasteiger partial charge in [-0.05, 0) is 18.2 Å². The van der Waals surface area contributed by atoms with Crippen molar-refractivity contribution in [3.63, 3.8) is 0 Å². The summed E-state index contributed by atoms with van der Waals surface area (Å²) >= 11 is 0.